The standard InChI is InChI=1S/C11H9F2N3O/c12-7-1-2-10(9(13)3-7)17-11-6-15-5-8(4-14)16-11/h1-3,5-6H,4,14H2. The molecule has 0 fully saturated rings. The molecule has 1 aromatic heterocycles. The number of nitrogens with zero attached hydrogens (tertiary/aromatic N) is 2. The fourth-order valence-electron chi connectivity index (χ4n) is 1.20. The molecule has 2 N–H and O–H groups in total. The number of benzene rings is 1. The molecule has 6 heteroatoms. The van der Waals surface area contributed by atoms with Crippen LogP contribution in [0.1, 0.15) is 5.69 Å². The highest BCUT2D eigenvalue weighted by Crippen LogP contribution is 2.22. The normalized spacial score (nSPS) is 10.3. The summed E-state index contributed by atoms with van der Waals surface area (Å²) in [6.45, 7) is 0.204. The summed E-state index contributed by atoms with van der Waals surface area (Å²) in [5, 5.41) is 0. The van der Waals surface area contributed by atoms with E-state index in [2.05, 4.69) is 9.97 Å². The molecule has 0 atom stereocenters. The van der Waals surface area contributed by atoms with Gasteiger partial charge in [0, 0.05) is 18.8 Å². The van der Waals surface area contributed by atoms with E-state index in [1.165, 1.54) is 18.5 Å². The highest BCUT2D eigenvalue weighted by molar-refractivity contribution is 5.28. The maximum absolute atomic E-state index is 13.3. The summed E-state index contributed by atoms with van der Waals surface area (Å²) in [4.78, 5) is 7.81. The first-order chi connectivity index (χ1) is 8.19. The lowest BCUT2D eigenvalue weighted by Crippen LogP contribution is -2.01. The van der Waals surface area contributed by atoms with Gasteiger partial charge in [-0.25, -0.2) is 13.8 Å². The first kappa shape index (κ1) is 11.4. The van der Waals surface area contributed by atoms with Crippen molar-refractivity contribution in [3.8, 4) is 11.6 Å². The minimum Gasteiger partial charge on any atom is -0.434 e. The average Bonchev–Trinajstić information content (AvgIpc) is 2.33. The number of aromatic nitrogens is 2. The van der Waals surface area contributed by atoms with E-state index in [1.807, 2.05) is 0 Å². The van der Waals surface area contributed by atoms with Crippen LogP contribution in [0.15, 0.2) is 30.6 Å². The molecule has 0 saturated heterocycles. The predicted octanol–water partition coefficient (Wildman–Crippen LogP) is 2.01. The molecule has 2 rings (SSSR count). The van der Waals surface area contributed by atoms with Crippen LogP contribution >= 0.6 is 0 Å². The lowest BCUT2D eigenvalue weighted by Gasteiger charge is -2.06. The fourth-order valence-corrected chi connectivity index (χ4v) is 1.20. The second-order valence-corrected chi connectivity index (χ2v) is 3.23. The van der Waals surface area contributed by atoms with Crippen molar-refractivity contribution in [1.82, 2.24) is 9.97 Å². The maximum atomic E-state index is 13.3. The number of ether oxygens (including phenoxy) is 1. The van der Waals surface area contributed by atoms with E-state index in [0.717, 1.165) is 12.1 Å². The fraction of sp³-hybridized carbons (Fsp3) is 0.0909. The van der Waals surface area contributed by atoms with Gasteiger partial charge < -0.3 is 10.5 Å². The lowest BCUT2D eigenvalue weighted by molar-refractivity contribution is 0.420. The first-order valence-corrected chi connectivity index (χ1v) is 4.83. The van der Waals surface area contributed by atoms with E-state index in [1.54, 1.807) is 0 Å². The van der Waals surface area contributed by atoms with Crippen LogP contribution in [0.5, 0.6) is 11.6 Å². The smallest absolute Gasteiger partial charge is 0.238 e. The molecule has 0 radical (unpaired) electrons. The van der Waals surface area contributed by atoms with E-state index in [-0.39, 0.29) is 18.2 Å². The Balaban J connectivity index is 2.25. The molecule has 2 aromatic rings. The first-order valence-electron chi connectivity index (χ1n) is 4.83. The summed E-state index contributed by atoms with van der Waals surface area (Å²) in [7, 11) is 0. The highest BCUT2D eigenvalue weighted by Gasteiger charge is 2.07. The number of halogens is 2. The molecular formula is C11H9F2N3O. The Bertz CT molecular complexity index is 534. The van der Waals surface area contributed by atoms with Crippen LogP contribution in [-0.4, -0.2) is 9.97 Å². The summed E-state index contributed by atoms with van der Waals surface area (Å²) in [5.41, 5.74) is 5.90. The zero-order valence-corrected chi connectivity index (χ0v) is 8.73. The van der Waals surface area contributed by atoms with Gasteiger partial charge in [-0.05, 0) is 12.1 Å². The molecule has 0 aliphatic heterocycles. The minimum atomic E-state index is -0.801. The topological polar surface area (TPSA) is 61.0 Å². The van der Waals surface area contributed by atoms with E-state index in [4.69, 9.17) is 10.5 Å². The Kier molecular flexibility index (Phi) is 3.24. The summed E-state index contributed by atoms with van der Waals surface area (Å²) >= 11 is 0. The largest absolute Gasteiger partial charge is 0.434 e. The maximum Gasteiger partial charge on any atom is 0.238 e. The van der Waals surface area contributed by atoms with Gasteiger partial charge in [-0.2, -0.15) is 0 Å². The number of hydrogen-bond acceptors (Lipinski definition) is 4. The van der Waals surface area contributed by atoms with Gasteiger partial charge in [0.2, 0.25) is 5.88 Å². The van der Waals surface area contributed by atoms with Crippen molar-refractivity contribution in [1.29, 1.82) is 0 Å². The van der Waals surface area contributed by atoms with Crippen molar-refractivity contribution in [2.45, 2.75) is 6.54 Å². The summed E-state index contributed by atoms with van der Waals surface area (Å²) in [5.74, 6) is -1.48. The second kappa shape index (κ2) is 4.84. The third-order valence-electron chi connectivity index (χ3n) is 1.98. The van der Waals surface area contributed by atoms with Gasteiger partial charge in [-0.3, -0.25) is 4.98 Å². The molecule has 0 aliphatic carbocycles. The van der Waals surface area contributed by atoms with Crippen molar-refractivity contribution in [2.24, 2.45) is 5.73 Å². The molecule has 0 unspecified atom stereocenters. The highest BCUT2D eigenvalue weighted by atomic mass is 19.1. The SMILES string of the molecule is NCc1cncc(Oc2ccc(F)cc2F)n1. The van der Waals surface area contributed by atoms with Crippen LogP contribution in [0.3, 0.4) is 0 Å². The van der Waals surface area contributed by atoms with Gasteiger partial charge in [0.05, 0.1) is 11.9 Å². The van der Waals surface area contributed by atoms with Gasteiger partial charge in [0.1, 0.15) is 5.82 Å². The quantitative estimate of drug-likeness (QED) is 0.886. The van der Waals surface area contributed by atoms with Crippen LogP contribution in [0.4, 0.5) is 8.78 Å². The molecular weight excluding hydrogens is 228 g/mol. The Morgan fingerprint density at radius 3 is 2.76 bits per heavy atom. The molecule has 1 heterocycles. The summed E-state index contributed by atoms with van der Waals surface area (Å²) in [6.07, 6.45) is 2.80. The van der Waals surface area contributed by atoms with E-state index >= 15 is 0 Å². The molecule has 88 valence electrons. The Labute approximate surface area is 96.1 Å². The molecule has 4 nitrogen and oxygen atoms in total. The van der Waals surface area contributed by atoms with Crippen molar-refractivity contribution in [3.05, 3.63) is 47.9 Å². The van der Waals surface area contributed by atoms with Crippen LogP contribution < -0.4 is 10.5 Å². The second-order valence-electron chi connectivity index (χ2n) is 3.23. The Hall–Kier alpha value is -2.08. The minimum absolute atomic E-state index is 0.110. The molecule has 0 spiro atoms. The molecule has 0 bridgehead atoms. The molecule has 17 heavy (non-hydrogen) atoms. The molecule has 0 amide bonds. The van der Waals surface area contributed by atoms with Gasteiger partial charge in [-0.15, -0.1) is 0 Å². The number of rotatable bonds is 3. The van der Waals surface area contributed by atoms with E-state index < -0.39 is 11.6 Å². The van der Waals surface area contributed by atoms with Crippen molar-refractivity contribution >= 4 is 0 Å². The van der Waals surface area contributed by atoms with Crippen molar-refractivity contribution in [3.63, 3.8) is 0 Å². The van der Waals surface area contributed by atoms with Gasteiger partial charge >= 0.3 is 0 Å². The molecule has 0 aliphatic rings. The van der Waals surface area contributed by atoms with E-state index in [0.29, 0.717) is 5.69 Å². The van der Waals surface area contributed by atoms with Crippen LogP contribution in [0.25, 0.3) is 0 Å². The van der Waals surface area contributed by atoms with Gasteiger partial charge in [-0.1, -0.05) is 0 Å². The van der Waals surface area contributed by atoms with E-state index in [9.17, 15) is 8.78 Å². The predicted molar refractivity (Wildman–Crippen MR) is 56.4 cm³/mol. The van der Waals surface area contributed by atoms with Crippen molar-refractivity contribution < 1.29 is 13.5 Å². The lowest BCUT2D eigenvalue weighted by atomic mass is 10.3. The molecule has 1 aromatic carbocycles. The number of nitrogens with two attached hydrogens (primary N) is 1. The van der Waals surface area contributed by atoms with Crippen LogP contribution in [-0.2, 0) is 6.54 Å². The van der Waals surface area contributed by atoms with Gasteiger partial charge in [0.15, 0.2) is 11.6 Å². The van der Waals surface area contributed by atoms with Crippen LogP contribution in [0, 0.1) is 11.6 Å². The Morgan fingerprint density at radius 2 is 2.06 bits per heavy atom. The average molecular weight is 237 g/mol. The van der Waals surface area contributed by atoms with Crippen LogP contribution in [0.2, 0.25) is 0 Å². The zero-order chi connectivity index (χ0) is 12.3. The Morgan fingerprint density at radius 1 is 1.24 bits per heavy atom. The summed E-state index contributed by atoms with van der Waals surface area (Å²) in [6, 6.07) is 3.01. The third kappa shape index (κ3) is 2.73. The summed E-state index contributed by atoms with van der Waals surface area (Å²) < 4.78 is 31.1. The van der Waals surface area contributed by atoms with Gasteiger partial charge in [0.25, 0.3) is 0 Å². The number of hydrogen-bond donors (Lipinski definition) is 1. The third-order valence-corrected chi connectivity index (χ3v) is 1.98. The monoisotopic (exact) mass is 237 g/mol. The zero-order valence-electron chi connectivity index (χ0n) is 8.73. The molecule has 0 saturated carbocycles. The van der Waals surface area contributed by atoms with Crippen molar-refractivity contribution in [2.75, 3.05) is 0 Å².